The van der Waals surface area contributed by atoms with E-state index in [4.69, 9.17) is 4.74 Å². The zero-order chi connectivity index (χ0) is 21.3. The SMILES string of the molecule is CCOCCCN(C(=O)C(F)(F)F)[C@@H](C(=O)NC1CCCCC1)c1ccncc1. The van der Waals surface area contributed by atoms with E-state index < -0.39 is 24.0 Å². The van der Waals surface area contributed by atoms with Crippen LogP contribution in [-0.2, 0) is 14.3 Å². The number of nitrogens with one attached hydrogen (secondary N) is 1. The van der Waals surface area contributed by atoms with E-state index in [-0.39, 0.29) is 25.6 Å². The molecule has 0 aromatic carbocycles. The fourth-order valence-electron chi connectivity index (χ4n) is 3.54. The maximum absolute atomic E-state index is 13.3. The summed E-state index contributed by atoms with van der Waals surface area (Å²) in [5, 5.41) is 2.85. The molecule has 1 aromatic rings. The molecule has 1 N–H and O–H groups in total. The Morgan fingerprint density at radius 3 is 2.48 bits per heavy atom. The molecule has 1 saturated carbocycles. The molecule has 0 bridgehead atoms. The summed E-state index contributed by atoms with van der Waals surface area (Å²) in [6.07, 6.45) is 2.47. The molecule has 6 nitrogen and oxygen atoms in total. The fraction of sp³-hybridized carbons (Fsp3) is 0.650. The molecule has 0 spiro atoms. The summed E-state index contributed by atoms with van der Waals surface area (Å²) in [6.45, 7) is 2.15. The molecular weight excluding hydrogens is 387 g/mol. The van der Waals surface area contributed by atoms with E-state index in [2.05, 4.69) is 10.3 Å². The van der Waals surface area contributed by atoms with Crippen molar-refractivity contribution in [3.63, 3.8) is 0 Å². The molecule has 162 valence electrons. The highest BCUT2D eigenvalue weighted by Gasteiger charge is 2.46. The first-order valence-electron chi connectivity index (χ1n) is 10.0. The third kappa shape index (κ3) is 6.99. The van der Waals surface area contributed by atoms with Crippen molar-refractivity contribution in [1.29, 1.82) is 0 Å². The second-order valence-corrected chi connectivity index (χ2v) is 7.07. The third-order valence-corrected chi connectivity index (χ3v) is 4.93. The van der Waals surface area contributed by atoms with Gasteiger partial charge in [0, 0.05) is 38.2 Å². The molecule has 0 radical (unpaired) electrons. The summed E-state index contributed by atoms with van der Waals surface area (Å²) in [6, 6.07) is 1.46. The van der Waals surface area contributed by atoms with Gasteiger partial charge in [-0.05, 0) is 43.9 Å². The van der Waals surface area contributed by atoms with Gasteiger partial charge in [-0.1, -0.05) is 19.3 Å². The summed E-state index contributed by atoms with van der Waals surface area (Å²) < 4.78 is 45.1. The molecule has 1 aliphatic carbocycles. The number of carbonyl (C=O) groups excluding carboxylic acids is 2. The third-order valence-electron chi connectivity index (χ3n) is 4.93. The molecule has 1 fully saturated rings. The highest BCUT2D eigenvalue weighted by molar-refractivity contribution is 5.90. The van der Waals surface area contributed by atoms with Gasteiger partial charge in [-0.2, -0.15) is 13.2 Å². The zero-order valence-electron chi connectivity index (χ0n) is 16.6. The molecule has 29 heavy (non-hydrogen) atoms. The Bertz CT molecular complexity index is 649. The first-order chi connectivity index (χ1) is 13.8. The number of hydrogen-bond acceptors (Lipinski definition) is 4. The molecule has 0 aliphatic heterocycles. The van der Waals surface area contributed by atoms with Crippen LogP contribution < -0.4 is 5.32 Å². The number of nitrogens with zero attached hydrogens (tertiary/aromatic N) is 2. The van der Waals surface area contributed by atoms with Gasteiger partial charge in [-0.25, -0.2) is 0 Å². The van der Waals surface area contributed by atoms with E-state index in [9.17, 15) is 22.8 Å². The number of carbonyl (C=O) groups is 2. The number of hydrogen-bond donors (Lipinski definition) is 1. The Labute approximate surface area is 168 Å². The predicted molar refractivity (Wildman–Crippen MR) is 101 cm³/mol. The summed E-state index contributed by atoms with van der Waals surface area (Å²) >= 11 is 0. The van der Waals surface area contributed by atoms with Gasteiger partial charge >= 0.3 is 12.1 Å². The Hall–Kier alpha value is -2.16. The first-order valence-corrected chi connectivity index (χ1v) is 10.0. The maximum atomic E-state index is 13.3. The van der Waals surface area contributed by atoms with Crippen LogP contribution in [-0.4, -0.2) is 53.7 Å². The van der Waals surface area contributed by atoms with Crippen LogP contribution in [0, 0.1) is 0 Å². The summed E-state index contributed by atoms with van der Waals surface area (Å²) in [5.41, 5.74) is 0.294. The lowest BCUT2D eigenvalue weighted by molar-refractivity contribution is -0.189. The first kappa shape index (κ1) is 23.1. The molecule has 1 aromatic heterocycles. The molecule has 2 rings (SSSR count). The predicted octanol–water partition coefficient (Wildman–Crippen LogP) is 3.39. The maximum Gasteiger partial charge on any atom is 0.471 e. The monoisotopic (exact) mass is 415 g/mol. The Balaban J connectivity index is 2.29. The Kier molecular flexibility index (Phi) is 8.88. The van der Waals surface area contributed by atoms with E-state index in [1.165, 1.54) is 24.5 Å². The van der Waals surface area contributed by atoms with Gasteiger partial charge in [-0.3, -0.25) is 14.6 Å². The zero-order valence-corrected chi connectivity index (χ0v) is 16.6. The molecule has 1 heterocycles. The van der Waals surface area contributed by atoms with E-state index in [0.29, 0.717) is 17.1 Å². The lowest BCUT2D eigenvalue weighted by Crippen LogP contribution is -2.50. The molecule has 2 amide bonds. The second-order valence-electron chi connectivity index (χ2n) is 7.07. The van der Waals surface area contributed by atoms with E-state index >= 15 is 0 Å². The Morgan fingerprint density at radius 1 is 1.24 bits per heavy atom. The number of rotatable bonds is 9. The van der Waals surface area contributed by atoms with Gasteiger partial charge in [0.2, 0.25) is 5.91 Å². The highest BCUT2D eigenvalue weighted by Crippen LogP contribution is 2.28. The second kappa shape index (κ2) is 11.1. The van der Waals surface area contributed by atoms with Crippen LogP contribution in [0.25, 0.3) is 0 Å². The van der Waals surface area contributed by atoms with Gasteiger partial charge in [-0.15, -0.1) is 0 Å². The summed E-state index contributed by atoms with van der Waals surface area (Å²) in [7, 11) is 0. The summed E-state index contributed by atoms with van der Waals surface area (Å²) in [4.78, 5) is 29.7. The van der Waals surface area contributed by atoms with Crippen LogP contribution in [0.15, 0.2) is 24.5 Å². The van der Waals surface area contributed by atoms with Crippen LogP contribution in [0.4, 0.5) is 13.2 Å². The molecule has 1 atom stereocenters. The van der Waals surface area contributed by atoms with Crippen molar-refractivity contribution in [3.8, 4) is 0 Å². The van der Waals surface area contributed by atoms with Crippen LogP contribution in [0.2, 0.25) is 0 Å². The quantitative estimate of drug-likeness (QED) is 0.628. The highest BCUT2D eigenvalue weighted by atomic mass is 19.4. The lowest BCUT2D eigenvalue weighted by Gasteiger charge is -2.33. The van der Waals surface area contributed by atoms with Gasteiger partial charge in [0.25, 0.3) is 0 Å². The summed E-state index contributed by atoms with van der Waals surface area (Å²) in [5.74, 6) is -2.63. The van der Waals surface area contributed by atoms with Crippen LogP contribution in [0.3, 0.4) is 0 Å². The van der Waals surface area contributed by atoms with Crippen molar-refractivity contribution in [1.82, 2.24) is 15.2 Å². The number of ether oxygens (including phenoxy) is 1. The smallest absolute Gasteiger partial charge is 0.382 e. The van der Waals surface area contributed by atoms with E-state index in [1.807, 2.05) is 0 Å². The van der Waals surface area contributed by atoms with Crippen molar-refractivity contribution in [2.24, 2.45) is 0 Å². The number of amides is 2. The minimum atomic E-state index is -5.08. The van der Waals surface area contributed by atoms with Crippen LogP contribution >= 0.6 is 0 Å². The van der Waals surface area contributed by atoms with Gasteiger partial charge in [0.05, 0.1) is 0 Å². The molecule has 0 unspecified atom stereocenters. The average Bonchev–Trinajstić information content (AvgIpc) is 2.70. The number of pyridine rings is 1. The van der Waals surface area contributed by atoms with Crippen LogP contribution in [0.1, 0.15) is 57.1 Å². The van der Waals surface area contributed by atoms with Crippen molar-refractivity contribution in [2.75, 3.05) is 19.8 Å². The van der Waals surface area contributed by atoms with E-state index in [0.717, 1.165) is 32.1 Å². The van der Waals surface area contributed by atoms with Crippen molar-refractivity contribution in [3.05, 3.63) is 30.1 Å². The van der Waals surface area contributed by atoms with Crippen molar-refractivity contribution < 1.29 is 27.5 Å². The molecular formula is C20H28F3N3O3. The minimum Gasteiger partial charge on any atom is -0.382 e. The average molecular weight is 415 g/mol. The molecule has 1 aliphatic rings. The lowest BCUT2D eigenvalue weighted by atomic mass is 9.94. The normalized spacial score (nSPS) is 16.3. The van der Waals surface area contributed by atoms with E-state index in [1.54, 1.807) is 6.92 Å². The van der Waals surface area contributed by atoms with Crippen molar-refractivity contribution >= 4 is 11.8 Å². The largest absolute Gasteiger partial charge is 0.471 e. The fourth-order valence-corrected chi connectivity index (χ4v) is 3.54. The molecule has 9 heteroatoms. The van der Waals surface area contributed by atoms with Crippen LogP contribution in [0.5, 0.6) is 0 Å². The van der Waals surface area contributed by atoms with Gasteiger partial charge in [0.15, 0.2) is 0 Å². The Morgan fingerprint density at radius 2 is 1.90 bits per heavy atom. The van der Waals surface area contributed by atoms with Gasteiger partial charge < -0.3 is 15.0 Å². The number of alkyl halides is 3. The van der Waals surface area contributed by atoms with Gasteiger partial charge in [0.1, 0.15) is 6.04 Å². The standard InChI is InChI=1S/C20H28F3N3O3/c1-2-29-14-6-13-26(19(28)20(21,22)23)17(15-9-11-24-12-10-15)18(27)25-16-7-4-3-5-8-16/h9-12,16-17H,2-8,13-14H2,1H3,(H,25,27)/t17-/m1/s1. The topological polar surface area (TPSA) is 71.5 Å². The molecule has 0 saturated heterocycles. The number of halogens is 3. The number of aromatic nitrogens is 1. The minimum absolute atomic E-state index is 0.0909. The van der Waals surface area contributed by atoms with Crippen molar-refractivity contribution in [2.45, 2.75) is 63.7 Å².